The molecule has 4 N–H and O–H groups in total. The van der Waals surface area contributed by atoms with Crippen LogP contribution in [0.1, 0.15) is 18.9 Å². The highest BCUT2D eigenvalue weighted by Crippen LogP contribution is 2.18. The zero-order valence-corrected chi connectivity index (χ0v) is 20.9. The fraction of sp³-hybridized carbons (Fsp3) is 0.250. The highest BCUT2D eigenvalue weighted by molar-refractivity contribution is 7.89. The first kappa shape index (κ1) is 27.4. The standard InChI is InChI=1S/C24H27N5O7S/c1-2-28(21-22(25)29(24(33)27-23(21)32)15-17-9-5-3-6-10-17)19(30)16-36-20(31)13-14-26-37(34,35)18-11-7-4-8-12-18/h3-12,26H,2,13-16,25H2,1H3,(H,27,32,33). The van der Waals surface area contributed by atoms with Gasteiger partial charge in [-0.15, -0.1) is 0 Å². The molecular formula is C24H27N5O7S. The molecule has 0 aliphatic carbocycles. The number of esters is 1. The molecule has 196 valence electrons. The minimum Gasteiger partial charge on any atom is -0.456 e. The molecule has 2 aromatic carbocycles. The van der Waals surface area contributed by atoms with Crippen LogP contribution in [0.4, 0.5) is 11.5 Å². The summed E-state index contributed by atoms with van der Waals surface area (Å²) >= 11 is 0. The summed E-state index contributed by atoms with van der Waals surface area (Å²) in [5.74, 6) is -1.78. The molecule has 0 saturated carbocycles. The third kappa shape index (κ3) is 6.92. The van der Waals surface area contributed by atoms with E-state index in [9.17, 15) is 27.6 Å². The summed E-state index contributed by atoms with van der Waals surface area (Å²) in [4.78, 5) is 53.0. The number of nitrogens with zero attached hydrogens (tertiary/aromatic N) is 2. The predicted octanol–water partition coefficient (Wildman–Crippen LogP) is 0.432. The molecule has 0 fully saturated rings. The SMILES string of the molecule is CCN(C(=O)COC(=O)CCNS(=O)(=O)c1ccccc1)c1c(N)n(Cc2ccccc2)c(=O)[nH]c1=O. The van der Waals surface area contributed by atoms with Gasteiger partial charge in [0.1, 0.15) is 5.82 Å². The predicted molar refractivity (Wildman–Crippen MR) is 137 cm³/mol. The quantitative estimate of drug-likeness (QED) is 0.300. The molecule has 0 atom stereocenters. The Morgan fingerprint density at radius 1 is 1.05 bits per heavy atom. The number of anilines is 2. The number of ether oxygens (including phenoxy) is 1. The van der Waals surface area contributed by atoms with Crippen molar-refractivity contribution in [3.63, 3.8) is 0 Å². The maximum absolute atomic E-state index is 12.8. The van der Waals surface area contributed by atoms with E-state index in [0.29, 0.717) is 0 Å². The van der Waals surface area contributed by atoms with Gasteiger partial charge in [0.25, 0.3) is 11.5 Å². The van der Waals surface area contributed by atoms with Gasteiger partial charge in [-0.1, -0.05) is 48.5 Å². The molecule has 3 aromatic rings. The van der Waals surface area contributed by atoms with Crippen molar-refractivity contribution < 1.29 is 22.7 Å². The summed E-state index contributed by atoms with van der Waals surface area (Å²) in [5, 5.41) is 0. The molecule has 13 heteroatoms. The number of amides is 1. The van der Waals surface area contributed by atoms with E-state index in [1.165, 1.54) is 12.1 Å². The van der Waals surface area contributed by atoms with Crippen molar-refractivity contribution in [1.29, 1.82) is 0 Å². The minimum atomic E-state index is -3.79. The lowest BCUT2D eigenvalue weighted by Gasteiger charge is -2.23. The number of aromatic nitrogens is 2. The smallest absolute Gasteiger partial charge is 0.330 e. The number of carbonyl (C=O) groups excluding carboxylic acids is 2. The van der Waals surface area contributed by atoms with Gasteiger partial charge in [0, 0.05) is 13.1 Å². The molecule has 1 heterocycles. The van der Waals surface area contributed by atoms with E-state index >= 15 is 0 Å². The number of rotatable bonds is 11. The first-order valence-corrected chi connectivity index (χ1v) is 12.8. The Labute approximate surface area is 212 Å². The minimum absolute atomic E-state index is 0.00405. The lowest BCUT2D eigenvalue weighted by molar-refractivity contribution is -0.147. The van der Waals surface area contributed by atoms with Gasteiger partial charge >= 0.3 is 11.7 Å². The number of nitrogens with one attached hydrogen (secondary N) is 2. The van der Waals surface area contributed by atoms with E-state index in [1.54, 1.807) is 49.4 Å². The average Bonchev–Trinajstić information content (AvgIpc) is 2.88. The summed E-state index contributed by atoms with van der Waals surface area (Å²) in [5.41, 5.74) is 5.05. The maximum Gasteiger partial charge on any atom is 0.330 e. The summed E-state index contributed by atoms with van der Waals surface area (Å²) in [6.07, 6.45) is -0.323. The van der Waals surface area contributed by atoms with Crippen LogP contribution >= 0.6 is 0 Å². The number of benzene rings is 2. The van der Waals surface area contributed by atoms with Gasteiger partial charge in [-0.3, -0.25) is 23.9 Å². The molecule has 37 heavy (non-hydrogen) atoms. The van der Waals surface area contributed by atoms with Crippen LogP contribution in [0.5, 0.6) is 0 Å². The van der Waals surface area contributed by atoms with Gasteiger partial charge in [0.15, 0.2) is 12.3 Å². The monoisotopic (exact) mass is 529 g/mol. The number of aromatic amines is 1. The van der Waals surface area contributed by atoms with Crippen molar-refractivity contribution >= 4 is 33.4 Å². The van der Waals surface area contributed by atoms with Crippen molar-refractivity contribution in [3.05, 3.63) is 87.1 Å². The second-order valence-electron chi connectivity index (χ2n) is 7.82. The summed E-state index contributed by atoms with van der Waals surface area (Å²) in [7, 11) is -3.79. The number of nitrogen functional groups attached to an aromatic ring is 1. The van der Waals surface area contributed by atoms with E-state index < -0.39 is 39.8 Å². The molecular weight excluding hydrogens is 502 g/mol. The number of nitrogens with two attached hydrogens (primary N) is 1. The normalized spacial score (nSPS) is 11.2. The van der Waals surface area contributed by atoms with Gasteiger partial charge in [0.2, 0.25) is 10.0 Å². The van der Waals surface area contributed by atoms with Crippen LogP contribution < -0.4 is 26.6 Å². The Balaban J connectivity index is 1.64. The zero-order valence-electron chi connectivity index (χ0n) is 20.0. The van der Waals surface area contributed by atoms with Gasteiger partial charge in [-0.05, 0) is 24.6 Å². The molecule has 0 unspecified atom stereocenters. The van der Waals surface area contributed by atoms with Crippen LogP contribution in [0.2, 0.25) is 0 Å². The van der Waals surface area contributed by atoms with Crippen molar-refractivity contribution in [2.75, 3.05) is 30.3 Å². The van der Waals surface area contributed by atoms with Gasteiger partial charge in [0.05, 0.1) is 17.9 Å². The number of likely N-dealkylation sites (N-methyl/N-ethyl adjacent to an activating group) is 1. The fourth-order valence-electron chi connectivity index (χ4n) is 3.48. The molecule has 0 saturated heterocycles. The van der Waals surface area contributed by atoms with Crippen molar-refractivity contribution in [3.8, 4) is 0 Å². The number of hydrogen-bond acceptors (Lipinski definition) is 8. The lowest BCUT2D eigenvalue weighted by atomic mass is 10.2. The van der Waals surface area contributed by atoms with Crippen LogP contribution in [-0.4, -0.2) is 49.5 Å². The molecule has 1 amide bonds. The topological polar surface area (TPSA) is 174 Å². The third-order valence-corrected chi connectivity index (χ3v) is 6.79. The molecule has 3 rings (SSSR count). The summed E-state index contributed by atoms with van der Waals surface area (Å²) in [6.45, 7) is 0.705. The Morgan fingerprint density at radius 3 is 2.30 bits per heavy atom. The molecule has 1 aromatic heterocycles. The lowest BCUT2D eigenvalue weighted by Crippen LogP contribution is -2.42. The molecule has 0 radical (unpaired) electrons. The number of hydrogen-bond donors (Lipinski definition) is 3. The van der Waals surface area contributed by atoms with E-state index in [4.69, 9.17) is 10.5 Å². The van der Waals surface area contributed by atoms with Gasteiger partial charge in [-0.25, -0.2) is 17.9 Å². The average molecular weight is 530 g/mol. The number of sulfonamides is 1. The van der Waals surface area contributed by atoms with E-state index in [1.807, 2.05) is 6.07 Å². The van der Waals surface area contributed by atoms with Crippen molar-refractivity contribution in [2.24, 2.45) is 0 Å². The molecule has 0 spiro atoms. The first-order valence-electron chi connectivity index (χ1n) is 11.3. The Hall–Kier alpha value is -4.23. The highest BCUT2D eigenvalue weighted by Gasteiger charge is 2.24. The fourth-order valence-corrected chi connectivity index (χ4v) is 4.54. The Kier molecular flexibility index (Phi) is 8.98. The van der Waals surface area contributed by atoms with Crippen LogP contribution in [0.15, 0.2) is 75.1 Å². The van der Waals surface area contributed by atoms with Crippen LogP contribution in [0.3, 0.4) is 0 Å². The summed E-state index contributed by atoms with van der Waals surface area (Å²) in [6, 6.07) is 16.6. The van der Waals surface area contributed by atoms with E-state index in [2.05, 4.69) is 9.71 Å². The number of H-pyrrole nitrogens is 1. The maximum atomic E-state index is 12.8. The molecule has 0 aliphatic heterocycles. The van der Waals surface area contributed by atoms with Gasteiger partial charge in [-0.2, -0.15) is 0 Å². The second kappa shape index (κ2) is 12.1. The van der Waals surface area contributed by atoms with E-state index in [-0.39, 0.29) is 42.5 Å². The first-order chi connectivity index (χ1) is 17.6. The van der Waals surface area contributed by atoms with E-state index in [0.717, 1.165) is 15.0 Å². The van der Waals surface area contributed by atoms with Crippen LogP contribution in [0.25, 0.3) is 0 Å². The molecule has 12 nitrogen and oxygen atoms in total. The van der Waals surface area contributed by atoms with Crippen LogP contribution in [-0.2, 0) is 30.9 Å². The Bertz CT molecular complexity index is 1470. The van der Waals surface area contributed by atoms with Crippen molar-refractivity contribution in [2.45, 2.75) is 24.8 Å². The molecule has 0 bridgehead atoms. The van der Waals surface area contributed by atoms with Crippen LogP contribution in [0, 0.1) is 0 Å². The van der Waals surface area contributed by atoms with Gasteiger partial charge < -0.3 is 15.4 Å². The number of carbonyl (C=O) groups is 2. The highest BCUT2D eigenvalue weighted by atomic mass is 32.2. The second-order valence-corrected chi connectivity index (χ2v) is 9.59. The van der Waals surface area contributed by atoms with Crippen molar-refractivity contribution in [1.82, 2.24) is 14.3 Å². The Morgan fingerprint density at radius 2 is 1.68 bits per heavy atom. The zero-order chi connectivity index (χ0) is 27.0. The summed E-state index contributed by atoms with van der Waals surface area (Å²) < 4.78 is 32.8. The third-order valence-electron chi connectivity index (χ3n) is 5.32. The largest absolute Gasteiger partial charge is 0.456 e. The molecule has 0 aliphatic rings.